The van der Waals surface area contributed by atoms with Crippen molar-refractivity contribution >= 4 is 0 Å². The Morgan fingerprint density at radius 2 is 0.657 bits per heavy atom. The molecule has 0 unspecified atom stereocenters. The molecule has 0 aromatic rings. The number of rotatable bonds is 6. The van der Waals surface area contributed by atoms with Gasteiger partial charge in [-0.2, -0.15) is 0 Å². The van der Waals surface area contributed by atoms with Crippen molar-refractivity contribution in [1.82, 2.24) is 10.2 Å². The first-order chi connectivity index (χ1) is 17.0. The highest BCUT2D eigenvalue weighted by molar-refractivity contribution is 4.94. The summed E-state index contributed by atoms with van der Waals surface area (Å²) in [7, 11) is 0. The largest absolute Gasteiger partial charge is 0.311 e. The monoisotopic (exact) mass is 484 g/mol. The SMILES string of the molecule is CC1CCC(NC2CCC(C3CCC(N(C4CCC(C)CC4)C4CCC(C)CC4)CC3)CC2)CC1. The second-order valence-corrected chi connectivity index (χ2v) is 14.6. The lowest BCUT2D eigenvalue weighted by Gasteiger charge is -2.50. The van der Waals surface area contributed by atoms with Crippen LogP contribution in [0.5, 0.6) is 0 Å². The normalized spacial score (nSPS) is 45.9. The Kier molecular flexibility index (Phi) is 9.58. The summed E-state index contributed by atoms with van der Waals surface area (Å²) in [5.41, 5.74) is 0. The first kappa shape index (κ1) is 26.5. The lowest BCUT2D eigenvalue weighted by atomic mass is 9.70. The number of nitrogens with zero attached hydrogens (tertiary/aromatic N) is 1. The minimum atomic E-state index is 0.832. The van der Waals surface area contributed by atoms with E-state index in [1.54, 1.807) is 0 Å². The molecule has 0 heterocycles. The van der Waals surface area contributed by atoms with Gasteiger partial charge in [-0.1, -0.05) is 20.8 Å². The molecule has 5 aliphatic rings. The molecule has 202 valence electrons. The topological polar surface area (TPSA) is 15.3 Å². The molecule has 5 aliphatic carbocycles. The van der Waals surface area contributed by atoms with E-state index >= 15 is 0 Å². The number of hydrogen-bond donors (Lipinski definition) is 1. The van der Waals surface area contributed by atoms with E-state index in [1.807, 2.05) is 0 Å². The Morgan fingerprint density at radius 1 is 0.371 bits per heavy atom. The van der Waals surface area contributed by atoms with Crippen LogP contribution in [0.25, 0.3) is 0 Å². The zero-order chi connectivity index (χ0) is 24.2. The second-order valence-electron chi connectivity index (χ2n) is 14.6. The summed E-state index contributed by atoms with van der Waals surface area (Å²) in [6.07, 6.45) is 29.7. The molecule has 2 heteroatoms. The van der Waals surface area contributed by atoms with Gasteiger partial charge in [0.1, 0.15) is 0 Å². The maximum atomic E-state index is 4.10. The van der Waals surface area contributed by atoms with Crippen LogP contribution in [0.1, 0.15) is 149 Å². The van der Waals surface area contributed by atoms with Gasteiger partial charge in [0.2, 0.25) is 0 Å². The molecule has 0 bridgehead atoms. The quantitative estimate of drug-likeness (QED) is 0.405. The van der Waals surface area contributed by atoms with Crippen molar-refractivity contribution in [2.45, 2.75) is 179 Å². The van der Waals surface area contributed by atoms with Gasteiger partial charge in [-0.25, -0.2) is 0 Å². The molecule has 5 rings (SSSR count). The Morgan fingerprint density at radius 3 is 1.06 bits per heavy atom. The van der Waals surface area contributed by atoms with E-state index in [2.05, 4.69) is 31.0 Å². The van der Waals surface area contributed by atoms with Crippen LogP contribution in [-0.4, -0.2) is 35.1 Å². The minimum Gasteiger partial charge on any atom is -0.311 e. The Bertz CT molecular complexity index is 571. The fraction of sp³-hybridized carbons (Fsp3) is 1.00. The van der Waals surface area contributed by atoms with Crippen LogP contribution < -0.4 is 5.32 Å². The van der Waals surface area contributed by atoms with E-state index in [-0.39, 0.29) is 0 Å². The summed E-state index contributed by atoms with van der Waals surface area (Å²) >= 11 is 0. The van der Waals surface area contributed by atoms with Crippen molar-refractivity contribution in [2.24, 2.45) is 29.6 Å². The molecule has 1 N–H and O–H groups in total. The highest BCUT2D eigenvalue weighted by Gasteiger charge is 2.39. The van der Waals surface area contributed by atoms with Crippen LogP contribution in [0, 0.1) is 29.6 Å². The Labute approximate surface area is 219 Å². The summed E-state index contributed by atoms with van der Waals surface area (Å²) in [6, 6.07) is 4.40. The summed E-state index contributed by atoms with van der Waals surface area (Å²) in [4.78, 5) is 3.18. The molecule has 0 saturated heterocycles. The predicted molar refractivity (Wildman–Crippen MR) is 151 cm³/mol. The van der Waals surface area contributed by atoms with Crippen LogP contribution in [0.15, 0.2) is 0 Å². The molecular formula is C33H60N2. The number of nitrogens with one attached hydrogen (secondary N) is 1. The molecular weight excluding hydrogens is 424 g/mol. The van der Waals surface area contributed by atoms with E-state index in [4.69, 9.17) is 0 Å². The minimum absolute atomic E-state index is 0.832. The van der Waals surface area contributed by atoms with Crippen molar-refractivity contribution in [2.75, 3.05) is 0 Å². The molecule has 0 radical (unpaired) electrons. The zero-order valence-electron chi connectivity index (χ0n) is 23.9. The lowest BCUT2D eigenvalue weighted by molar-refractivity contribution is -0.000253. The van der Waals surface area contributed by atoms with E-state index in [1.165, 1.54) is 128 Å². The second kappa shape index (κ2) is 12.6. The zero-order valence-corrected chi connectivity index (χ0v) is 23.9. The van der Waals surface area contributed by atoms with Gasteiger partial charge in [-0.3, -0.25) is 4.90 Å². The van der Waals surface area contributed by atoms with E-state index in [0.717, 1.165) is 59.8 Å². The van der Waals surface area contributed by atoms with Crippen molar-refractivity contribution < 1.29 is 0 Å². The van der Waals surface area contributed by atoms with Gasteiger partial charge in [0.25, 0.3) is 0 Å². The van der Waals surface area contributed by atoms with Crippen molar-refractivity contribution in [3.63, 3.8) is 0 Å². The van der Waals surface area contributed by atoms with Crippen molar-refractivity contribution in [3.05, 3.63) is 0 Å². The lowest BCUT2D eigenvalue weighted by Crippen LogP contribution is -2.53. The van der Waals surface area contributed by atoms with Crippen molar-refractivity contribution in [3.8, 4) is 0 Å². The van der Waals surface area contributed by atoms with Gasteiger partial charge in [-0.05, 0) is 158 Å². The summed E-state index contributed by atoms with van der Waals surface area (Å²) in [5.74, 6) is 5.00. The molecule has 0 aromatic heterocycles. The van der Waals surface area contributed by atoms with Gasteiger partial charge < -0.3 is 5.32 Å². The van der Waals surface area contributed by atoms with Gasteiger partial charge in [-0.15, -0.1) is 0 Å². The van der Waals surface area contributed by atoms with Crippen LogP contribution in [-0.2, 0) is 0 Å². The molecule has 2 nitrogen and oxygen atoms in total. The summed E-state index contributed by atoms with van der Waals surface area (Å²) in [6.45, 7) is 7.43. The summed E-state index contributed by atoms with van der Waals surface area (Å²) in [5, 5.41) is 4.10. The summed E-state index contributed by atoms with van der Waals surface area (Å²) < 4.78 is 0. The molecule has 0 amide bonds. The molecule has 35 heavy (non-hydrogen) atoms. The molecule has 5 saturated carbocycles. The van der Waals surface area contributed by atoms with E-state index in [9.17, 15) is 0 Å². The first-order valence-electron chi connectivity index (χ1n) is 16.6. The maximum Gasteiger partial charge on any atom is 0.0101 e. The third-order valence-electron chi connectivity index (χ3n) is 11.9. The first-order valence-corrected chi connectivity index (χ1v) is 16.6. The third-order valence-corrected chi connectivity index (χ3v) is 11.9. The third kappa shape index (κ3) is 7.07. The molecule has 0 aromatic carbocycles. The van der Waals surface area contributed by atoms with Gasteiger partial charge >= 0.3 is 0 Å². The van der Waals surface area contributed by atoms with Gasteiger partial charge in [0, 0.05) is 30.2 Å². The standard InChI is InChI=1S/C33H60N2/c1-24-4-14-29(15-5-24)34-30-16-10-27(11-17-30)28-12-22-33(23-13-28)35(31-18-6-25(2)7-19-31)32-20-8-26(3)9-21-32/h24-34H,4-23H2,1-3H3. The van der Waals surface area contributed by atoms with E-state index < -0.39 is 0 Å². The fourth-order valence-corrected chi connectivity index (χ4v) is 9.36. The van der Waals surface area contributed by atoms with E-state index in [0.29, 0.717) is 0 Å². The Balaban J connectivity index is 1.09. The fourth-order valence-electron chi connectivity index (χ4n) is 9.36. The van der Waals surface area contributed by atoms with Gasteiger partial charge in [0.15, 0.2) is 0 Å². The average molecular weight is 485 g/mol. The molecule has 5 fully saturated rings. The highest BCUT2D eigenvalue weighted by Crippen LogP contribution is 2.43. The predicted octanol–water partition coefficient (Wildman–Crippen LogP) is 8.73. The van der Waals surface area contributed by atoms with Crippen LogP contribution in [0.2, 0.25) is 0 Å². The van der Waals surface area contributed by atoms with Crippen LogP contribution in [0.3, 0.4) is 0 Å². The smallest absolute Gasteiger partial charge is 0.0101 e. The van der Waals surface area contributed by atoms with Crippen LogP contribution >= 0.6 is 0 Å². The highest BCUT2D eigenvalue weighted by atomic mass is 15.2. The van der Waals surface area contributed by atoms with Gasteiger partial charge in [0.05, 0.1) is 0 Å². The molecule has 0 atom stereocenters. The van der Waals surface area contributed by atoms with Crippen molar-refractivity contribution in [1.29, 1.82) is 0 Å². The molecule has 0 spiro atoms. The van der Waals surface area contributed by atoms with Crippen LogP contribution in [0.4, 0.5) is 0 Å². The molecule has 0 aliphatic heterocycles. The number of hydrogen-bond acceptors (Lipinski definition) is 2. The maximum absolute atomic E-state index is 4.10. The average Bonchev–Trinajstić information content (AvgIpc) is 2.89. The Hall–Kier alpha value is -0.0800.